The van der Waals surface area contributed by atoms with Crippen LogP contribution >= 0.6 is 11.8 Å². The fraction of sp³-hybridized carbons (Fsp3) is 0.556. The summed E-state index contributed by atoms with van der Waals surface area (Å²) in [5.74, 6) is -0.361. The van der Waals surface area contributed by atoms with E-state index in [0.29, 0.717) is 17.1 Å². The van der Waals surface area contributed by atoms with Crippen molar-refractivity contribution >= 4 is 11.8 Å². The van der Waals surface area contributed by atoms with Crippen LogP contribution in [-0.2, 0) is 6.42 Å². The molecule has 1 aromatic rings. The summed E-state index contributed by atoms with van der Waals surface area (Å²) in [5.41, 5.74) is 0.424. The van der Waals surface area contributed by atoms with E-state index in [1.807, 2.05) is 13.8 Å². The summed E-state index contributed by atoms with van der Waals surface area (Å²) in [6.07, 6.45) is 1.91. The molecule has 0 fully saturated rings. The normalized spacial score (nSPS) is 12.9. The Balaban J connectivity index is 2.86. The number of halogens is 1. The van der Waals surface area contributed by atoms with Crippen molar-refractivity contribution < 1.29 is 9.50 Å². The minimum Gasteiger partial charge on any atom is -0.395 e. The van der Waals surface area contributed by atoms with Gasteiger partial charge in [0.25, 0.3) is 0 Å². The summed E-state index contributed by atoms with van der Waals surface area (Å²) in [4.78, 5) is 7.67. The monoisotopic (exact) mass is 216 g/mol. The van der Waals surface area contributed by atoms with Crippen LogP contribution in [-0.4, -0.2) is 26.9 Å². The highest BCUT2D eigenvalue weighted by Gasteiger charge is 2.12. The van der Waals surface area contributed by atoms with Gasteiger partial charge in [0.05, 0.1) is 12.3 Å². The van der Waals surface area contributed by atoms with Gasteiger partial charge in [-0.25, -0.2) is 14.4 Å². The van der Waals surface area contributed by atoms with Crippen molar-refractivity contribution in [3.8, 4) is 0 Å². The second kappa shape index (κ2) is 5.26. The molecule has 1 aromatic heterocycles. The quantitative estimate of drug-likeness (QED) is 0.614. The number of hydrogen-bond donors (Lipinski definition) is 1. The molecule has 0 radical (unpaired) electrons. The Bertz CT molecular complexity index is 309. The van der Waals surface area contributed by atoms with Gasteiger partial charge in [-0.15, -0.1) is 0 Å². The van der Waals surface area contributed by atoms with E-state index in [1.165, 1.54) is 18.1 Å². The molecular formula is C9H13FN2OS. The van der Waals surface area contributed by atoms with Crippen molar-refractivity contribution in [3.63, 3.8) is 0 Å². The lowest BCUT2D eigenvalue weighted by Gasteiger charge is -2.08. The van der Waals surface area contributed by atoms with Crippen molar-refractivity contribution in [2.45, 2.75) is 30.5 Å². The first-order valence-corrected chi connectivity index (χ1v) is 5.33. The van der Waals surface area contributed by atoms with Crippen LogP contribution in [0.25, 0.3) is 0 Å². The van der Waals surface area contributed by atoms with E-state index in [1.54, 1.807) is 0 Å². The number of thioether (sulfide) groups is 1. The average molecular weight is 216 g/mol. The molecule has 1 N–H and O–H groups in total. The highest BCUT2D eigenvalue weighted by atomic mass is 32.2. The van der Waals surface area contributed by atoms with Gasteiger partial charge in [0.1, 0.15) is 11.4 Å². The molecule has 0 aliphatic rings. The summed E-state index contributed by atoms with van der Waals surface area (Å²) in [7, 11) is 0. The molecule has 0 saturated heterocycles. The largest absolute Gasteiger partial charge is 0.395 e. The molecule has 0 aliphatic heterocycles. The summed E-state index contributed by atoms with van der Waals surface area (Å²) >= 11 is 1.22. The third-order valence-corrected chi connectivity index (χ3v) is 2.79. The molecule has 0 saturated carbocycles. The summed E-state index contributed by atoms with van der Waals surface area (Å²) in [6, 6.07) is 0. The van der Waals surface area contributed by atoms with E-state index >= 15 is 0 Å². The van der Waals surface area contributed by atoms with Gasteiger partial charge in [0.15, 0.2) is 5.82 Å². The number of nitrogens with zero attached hydrogens (tertiary/aromatic N) is 2. The fourth-order valence-corrected chi connectivity index (χ4v) is 1.73. The zero-order chi connectivity index (χ0) is 10.6. The number of aliphatic hydroxyl groups excluding tert-OH is 1. The Morgan fingerprint density at radius 2 is 2.29 bits per heavy atom. The molecule has 1 heterocycles. The Hall–Kier alpha value is -0.680. The number of rotatable bonds is 4. The Kier molecular flexibility index (Phi) is 4.28. The second-order valence-electron chi connectivity index (χ2n) is 2.90. The Morgan fingerprint density at radius 3 is 2.86 bits per heavy atom. The van der Waals surface area contributed by atoms with Crippen molar-refractivity contribution in [3.05, 3.63) is 17.8 Å². The van der Waals surface area contributed by atoms with Crippen LogP contribution in [0.4, 0.5) is 4.39 Å². The van der Waals surface area contributed by atoms with Crippen LogP contribution in [0, 0.1) is 5.82 Å². The molecule has 3 nitrogen and oxygen atoms in total. The first-order chi connectivity index (χ1) is 6.69. The van der Waals surface area contributed by atoms with E-state index in [0.717, 1.165) is 0 Å². The lowest BCUT2D eigenvalue weighted by Crippen LogP contribution is -2.05. The van der Waals surface area contributed by atoms with E-state index in [2.05, 4.69) is 9.97 Å². The zero-order valence-corrected chi connectivity index (χ0v) is 9.01. The highest BCUT2D eigenvalue weighted by Crippen LogP contribution is 2.24. The van der Waals surface area contributed by atoms with Gasteiger partial charge >= 0.3 is 0 Å². The summed E-state index contributed by atoms with van der Waals surface area (Å²) < 4.78 is 13.5. The molecular weight excluding hydrogens is 203 g/mol. The number of hydrogen-bond acceptors (Lipinski definition) is 4. The fourth-order valence-electron chi connectivity index (χ4n) is 0.944. The number of aromatic nitrogens is 2. The maximum absolute atomic E-state index is 13.5. The van der Waals surface area contributed by atoms with Gasteiger partial charge < -0.3 is 5.11 Å². The molecule has 1 unspecified atom stereocenters. The van der Waals surface area contributed by atoms with E-state index in [-0.39, 0.29) is 17.7 Å². The first-order valence-electron chi connectivity index (χ1n) is 4.45. The lowest BCUT2D eigenvalue weighted by molar-refractivity contribution is 0.300. The molecule has 78 valence electrons. The molecule has 1 atom stereocenters. The van der Waals surface area contributed by atoms with Crippen molar-refractivity contribution in [1.29, 1.82) is 0 Å². The minimum absolute atomic E-state index is 0.00949. The van der Waals surface area contributed by atoms with Gasteiger partial charge in [-0.1, -0.05) is 25.6 Å². The van der Waals surface area contributed by atoms with Gasteiger partial charge in [-0.2, -0.15) is 0 Å². The predicted octanol–water partition coefficient (Wildman–Crippen LogP) is 1.65. The minimum atomic E-state index is -0.361. The standard InChI is InChI=1S/C9H13FN2OS/c1-3-7-8(10)9(12-5-11-7)14-6(2)4-13/h5-6,13H,3-4H2,1-2H3. The van der Waals surface area contributed by atoms with Crippen LogP contribution in [0.15, 0.2) is 11.4 Å². The average Bonchev–Trinajstić information content (AvgIpc) is 2.21. The van der Waals surface area contributed by atoms with Gasteiger partial charge in [-0.3, -0.25) is 0 Å². The van der Waals surface area contributed by atoms with Crippen LogP contribution in [0.5, 0.6) is 0 Å². The summed E-state index contributed by atoms with van der Waals surface area (Å²) in [6.45, 7) is 3.67. The molecule has 14 heavy (non-hydrogen) atoms. The van der Waals surface area contributed by atoms with Gasteiger partial charge in [0, 0.05) is 5.25 Å². The zero-order valence-electron chi connectivity index (χ0n) is 8.20. The van der Waals surface area contributed by atoms with Crippen molar-refractivity contribution in [1.82, 2.24) is 9.97 Å². The van der Waals surface area contributed by atoms with Crippen LogP contribution in [0.1, 0.15) is 19.5 Å². The highest BCUT2D eigenvalue weighted by molar-refractivity contribution is 7.99. The molecule has 0 amide bonds. The molecule has 0 spiro atoms. The molecule has 1 rings (SSSR count). The van der Waals surface area contributed by atoms with Crippen LogP contribution in [0.2, 0.25) is 0 Å². The molecule has 0 aromatic carbocycles. The number of aliphatic hydroxyl groups is 1. The summed E-state index contributed by atoms with van der Waals surface area (Å²) in [5, 5.41) is 9.09. The van der Waals surface area contributed by atoms with Gasteiger partial charge in [-0.05, 0) is 6.42 Å². The molecule has 5 heteroatoms. The molecule has 0 aliphatic carbocycles. The van der Waals surface area contributed by atoms with Crippen LogP contribution in [0.3, 0.4) is 0 Å². The Labute approximate surface area is 86.8 Å². The topological polar surface area (TPSA) is 46.0 Å². The van der Waals surface area contributed by atoms with Crippen molar-refractivity contribution in [2.75, 3.05) is 6.61 Å². The van der Waals surface area contributed by atoms with Crippen molar-refractivity contribution in [2.24, 2.45) is 0 Å². The smallest absolute Gasteiger partial charge is 0.176 e. The predicted molar refractivity (Wildman–Crippen MR) is 53.8 cm³/mol. The SMILES string of the molecule is CCc1ncnc(SC(C)CO)c1F. The van der Waals surface area contributed by atoms with E-state index < -0.39 is 0 Å². The third kappa shape index (κ3) is 2.65. The van der Waals surface area contributed by atoms with E-state index in [4.69, 9.17) is 5.11 Å². The third-order valence-electron chi connectivity index (χ3n) is 1.73. The lowest BCUT2D eigenvalue weighted by atomic mass is 10.3. The second-order valence-corrected chi connectivity index (χ2v) is 4.33. The molecule has 0 bridgehead atoms. The maximum Gasteiger partial charge on any atom is 0.176 e. The van der Waals surface area contributed by atoms with E-state index in [9.17, 15) is 4.39 Å². The van der Waals surface area contributed by atoms with Gasteiger partial charge in [0.2, 0.25) is 0 Å². The number of aryl methyl sites for hydroxylation is 1. The first kappa shape index (κ1) is 11.4. The Morgan fingerprint density at radius 1 is 1.57 bits per heavy atom. The van der Waals surface area contributed by atoms with Crippen LogP contribution < -0.4 is 0 Å². The maximum atomic E-state index is 13.5.